The minimum absolute atomic E-state index is 0.209. The smallest absolute Gasteiger partial charge is 0.129 e. The molecular weight excluding hydrogens is 275 g/mol. The van der Waals surface area contributed by atoms with Gasteiger partial charge < -0.3 is 0 Å². The molecule has 0 amide bonds. The molecule has 2 aromatic rings. The third-order valence-corrected chi connectivity index (χ3v) is 4.27. The van der Waals surface area contributed by atoms with Crippen molar-refractivity contribution >= 4 is 11.6 Å². The molecule has 0 aromatic heterocycles. The number of fused-ring (bicyclic) bond motifs is 1. The van der Waals surface area contributed by atoms with Crippen molar-refractivity contribution in [3.63, 3.8) is 0 Å². The van der Waals surface area contributed by atoms with Crippen LogP contribution < -0.4 is 11.3 Å². The van der Waals surface area contributed by atoms with Crippen LogP contribution in [0.2, 0.25) is 5.02 Å². The molecule has 3 N–H and O–H groups in total. The predicted octanol–water partition coefficient (Wildman–Crippen LogP) is 3.40. The second-order valence-corrected chi connectivity index (χ2v) is 5.68. The van der Waals surface area contributed by atoms with Crippen LogP contribution in [0.3, 0.4) is 0 Å². The Bertz CT molecular complexity index is 605. The number of halogens is 2. The highest BCUT2D eigenvalue weighted by atomic mass is 35.5. The maximum Gasteiger partial charge on any atom is 0.129 e. The Morgan fingerprint density at radius 1 is 1.15 bits per heavy atom. The van der Waals surface area contributed by atoms with Gasteiger partial charge in [-0.25, -0.2) is 4.39 Å². The summed E-state index contributed by atoms with van der Waals surface area (Å²) in [5, 5.41) is 0.400. The highest BCUT2D eigenvalue weighted by molar-refractivity contribution is 6.30. The van der Waals surface area contributed by atoms with Crippen LogP contribution in [0.4, 0.5) is 4.39 Å². The molecule has 0 radical (unpaired) electrons. The van der Waals surface area contributed by atoms with E-state index in [2.05, 4.69) is 17.6 Å². The maximum absolute atomic E-state index is 14.1. The molecule has 0 heterocycles. The summed E-state index contributed by atoms with van der Waals surface area (Å²) in [5.74, 6) is 5.63. The maximum atomic E-state index is 14.1. The van der Waals surface area contributed by atoms with Gasteiger partial charge in [-0.1, -0.05) is 41.9 Å². The highest BCUT2D eigenvalue weighted by Crippen LogP contribution is 2.36. The zero-order chi connectivity index (χ0) is 14.1. The number of rotatable bonds is 3. The van der Waals surface area contributed by atoms with Crippen LogP contribution in [0.25, 0.3) is 0 Å². The SMILES string of the molecule is NNC(c1ccc(Cl)cc1F)C1Cc2ccccc2C1. The van der Waals surface area contributed by atoms with Crippen molar-refractivity contribution in [1.29, 1.82) is 0 Å². The third-order valence-electron chi connectivity index (χ3n) is 4.03. The first kappa shape index (κ1) is 13.6. The molecule has 104 valence electrons. The highest BCUT2D eigenvalue weighted by Gasteiger charge is 2.30. The first-order chi connectivity index (χ1) is 9.69. The lowest BCUT2D eigenvalue weighted by atomic mass is 9.91. The van der Waals surface area contributed by atoms with Crippen molar-refractivity contribution in [2.45, 2.75) is 18.9 Å². The van der Waals surface area contributed by atoms with Crippen molar-refractivity contribution in [3.8, 4) is 0 Å². The summed E-state index contributed by atoms with van der Waals surface area (Å²) in [4.78, 5) is 0. The van der Waals surface area contributed by atoms with E-state index in [0.29, 0.717) is 10.6 Å². The molecule has 2 nitrogen and oxygen atoms in total. The first-order valence-corrected chi connectivity index (χ1v) is 7.04. The second kappa shape index (κ2) is 5.52. The fraction of sp³-hybridized carbons (Fsp3) is 0.250. The molecule has 0 aliphatic heterocycles. The normalized spacial score (nSPS) is 16.1. The second-order valence-electron chi connectivity index (χ2n) is 5.25. The number of hydrogen-bond acceptors (Lipinski definition) is 2. The number of nitrogens with two attached hydrogens (primary N) is 1. The molecule has 0 saturated carbocycles. The zero-order valence-corrected chi connectivity index (χ0v) is 11.7. The number of nitrogens with one attached hydrogen (secondary N) is 1. The minimum Gasteiger partial charge on any atom is -0.271 e. The van der Waals surface area contributed by atoms with E-state index in [0.717, 1.165) is 12.8 Å². The van der Waals surface area contributed by atoms with Crippen LogP contribution in [-0.4, -0.2) is 0 Å². The van der Waals surface area contributed by atoms with E-state index < -0.39 is 0 Å². The molecule has 1 aliphatic carbocycles. The Balaban J connectivity index is 1.89. The van der Waals surface area contributed by atoms with E-state index in [-0.39, 0.29) is 17.8 Å². The molecule has 0 spiro atoms. The first-order valence-electron chi connectivity index (χ1n) is 6.67. The Morgan fingerprint density at radius 2 is 1.80 bits per heavy atom. The van der Waals surface area contributed by atoms with E-state index >= 15 is 0 Å². The van der Waals surface area contributed by atoms with Gasteiger partial charge in [-0.3, -0.25) is 11.3 Å². The Hall–Kier alpha value is -1.42. The predicted molar refractivity (Wildman–Crippen MR) is 78.8 cm³/mol. The number of hydrogen-bond donors (Lipinski definition) is 2. The third kappa shape index (κ3) is 2.44. The lowest BCUT2D eigenvalue weighted by Gasteiger charge is -2.23. The fourth-order valence-corrected chi connectivity index (χ4v) is 3.22. The van der Waals surface area contributed by atoms with Crippen LogP contribution in [0.15, 0.2) is 42.5 Å². The van der Waals surface area contributed by atoms with Gasteiger partial charge in [0, 0.05) is 10.6 Å². The molecule has 1 unspecified atom stereocenters. The van der Waals surface area contributed by atoms with Gasteiger partial charge >= 0.3 is 0 Å². The van der Waals surface area contributed by atoms with E-state index in [1.165, 1.54) is 17.2 Å². The molecular formula is C16H16ClFN2. The van der Waals surface area contributed by atoms with Gasteiger partial charge in [0.15, 0.2) is 0 Å². The molecule has 3 rings (SSSR count). The average Bonchev–Trinajstić information content (AvgIpc) is 2.85. The molecule has 20 heavy (non-hydrogen) atoms. The average molecular weight is 291 g/mol. The molecule has 0 bridgehead atoms. The van der Waals surface area contributed by atoms with Crippen molar-refractivity contribution < 1.29 is 4.39 Å². The van der Waals surface area contributed by atoms with Crippen molar-refractivity contribution in [2.24, 2.45) is 11.8 Å². The Morgan fingerprint density at radius 3 is 2.35 bits per heavy atom. The molecule has 1 aliphatic rings. The molecule has 1 atom stereocenters. The van der Waals surface area contributed by atoms with E-state index in [4.69, 9.17) is 17.4 Å². The van der Waals surface area contributed by atoms with Gasteiger partial charge in [0.25, 0.3) is 0 Å². The van der Waals surface area contributed by atoms with Crippen molar-refractivity contribution in [3.05, 3.63) is 70.0 Å². The van der Waals surface area contributed by atoms with Crippen LogP contribution in [0.1, 0.15) is 22.7 Å². The monoisotopic (exact) mass is 290 g/mol. The van der Waals surface area contributed by atoms with Gasteiger partial charge in [-0.05, 0) is 42.0 Å². The molecule has 2 aromatic carbocycles. The summed E-state index contributed by atoms with van der Waals surface area (Å²) in [7, 11) is 0. The number of hydrazine groups is 1. The lowest BCUT2D eigenvalue weighted by Crippen LogP contribution is -2.34. The molecule has 4 heteroatoms. The quantitative estimate of drug-likeness (QED) is 0.672. The summed E-state index contributed by atoms with van der Waals surface area (Å²) in [6, 6.07) is 12.9. The zero-order valence-electron chi connectivity index (χ0n) is 10.9. The Labute approximate surface area is 122 Å². The molecule has 0 fully saturated rings. The van der Waals surface area contributed by atoms with E-state index in [9.17, 15) is 4.39 Å². The summed E-state index contributed by atoms with van der Waals surface area (Å²) < 4.78 is 14.1. The fourth-order valence-electron chi connectivity index (χ4n) is 3.06. The van der Waals surface area contributed by atoms with Gasteiger partial charge in [-0.2, -0.15) is 0 Å². The van der Waals surface area contributed by atoms with Crippen LogP contribution in [0, 0.1) is 11.7 Å². The Kier molecular flexibility index (Phi) is 3.74. The van der Waals surface area contributed by atoms with Crippen molar-refractivity contribution in [1.82, 2.24) is 5.43 Å². The topological polar surface area (TPSA) is 38.0 Å². The summed E-state index contributed by atoms with van der Waals surface area (Å²) >= 11 is 5.81. The van der Waals surface area contributed by atoms with E-state index in [1.807, 2.05) is 12.1 Å². The van der Waals surface area contributed by atoms with Gasteiger partial charge in [-0.15, -0.1) is 0 Å². The van der Waals surface area contributed by atoms with E-state index in [1.54, 1.807) is 12.1 Å². The van der Waals surface area contributed by atoms with Crippen LogP contribution in [-0.2, 0) is 12.8 Å². The number of benzene rings is 2. The standard InChI is InChI=1S/C16H16ClFN2/c17-13-5-6-14(15(18)9-13)16(20-19)12-7-10-3-1-2-4-11(10)8-12/h1-6,9,12,16,20H,7-8,19H2. The summed E-state index contributed by atoms with van der Waals surface area (Å²) in [6.45, 7) is 0. The van der Waals surface area contributed by atoms with Crippen LogP contribution >= 0.6 is 11.6 Å². The van der Waals surface area contributed by atoms with Crippen LogP contribution in [0.5, 0.6) is 0 Å². The summed E-state index contributed by atoms with van der Waals surface area (Å²) in [6.07, 6.45) is 1.82. The summed E-state index contributed by atoms with van der Waals surface area (Å²) in [5.41, 5.74) is 6.00. The largest absolute Gasteiger partial charge is 0.271 e. The minimum atomic E-state index is -0.309. The van der Waals surface area contributed by atoms with Gasteiger partial charge in [0.05, 0.1) is 6.04 Å². The van der Waals surface area contributed by atoms with Gasteiger partial charge in [0.2, 0.25) is 0 Å². The van der Waals surface area contributed by atoms with Gasteiger partial charge in [0.1, 0.15) is 5.82 Å². The van der Waals surface area contributed by atoms with Crippen molar-refractivity contribution in [2.75, 3.05) is 0 Å². The molecule has 0 saturated heterocycles. The lowest BCUT2D eigenvalue weighted by molar-refractivity contribution is 0.368.